The maximum absolute atomic E-state index is 14.9. The van der Waals surface area contributed by atoms with Gasteiger partial charge in [0.2, 0.25) is 11.9 Å². The number of carbonyl (C=O) groups excluding carboxylic acids is 2. The van der Waals surface area contributed by atoms with Gasteiger partial charge in [0.1, 0.15) is 17.3 Å². The molecule has 0 aliphatic heterocycles. The van der Waals surface area contributed by atoms with Crippen molar-refractivity contribution in [3.63, 3.8) is 0 Å². The van der Waals surface area contributed by atoms with E-state index in [0.717, 1.165) is 4.90 Å². The van der Waals surface area contributed by atoms with Crippen molar-refractivity contribution < 1.29 is 48.0 Å². The molecule has 61 heavy (non-hydrogen) atoms. The zero-order valence-corrected chi connectivity index (χ0v) is 38.4. The number of aromatic nitrogens is 2. The Morgan fingerprint density at radius 2 is 1.25 bits per heavy atom. The number of rotatable bonds is 24. The van der Waals surface area contributed by atoms with Crippen LogP contribution in [0, 0.1) is 11.2 Å². The number of nitrogens with zero attached hydrogens (tertiary/aromatic N) is 2. The van der Waals surface area contributed by atoms with Gasteiger partial charge in [-0.05, 0) is 154 Å². The second-order valence-electron chi connectivity index (χ2n) is 19.2. The zero-order valence-electron chi connectivity index (χ0n) is 37.6. The lowest BCUT2D eigenvalue weighted by atomic mass is 9.71. The van der Waals surface area contributed by atoms with E-state index >= 15 is 0 Å². The molecule has 0 radical (unpaired) electrons. The Kier molecular flexibility index (Phi) is 16.9. The van der Waals surface area contributed by atoms with E-state index < -0.39 is 50.9 Å². The quantitative estimate of drug-likeness (QED) is 0.0536. The number of hydrogen-bond acceptors (Lipinski definition) is 11. The molecule has 1 heterocycles. The second-order valence-corrected chi connectivity index (χ2v) is 20.1. The van der Waals surface area contributed by atoms with Gasteiger partial charge >= 0.3 is 11.9 Å². The summed E-state index contributed by atoms with van der Waals surface area (Å²) >= 11 is 1.26. The normalized spacial score (nSPS) is 12.7. The lowest BCUT2D eigenvalue weighted by Crippen LogP contribution is -2.47. The van der Waals surface area contributed by atoms with Crippen molar-refractivity contribution >= 4 is 41.6 Å². The number of aliphatic carboxylic acids is 2. The lowest BCUT2D eigenvalue weighted by molar-refractivity contribution is -0.148. The van der Waals surface area contributed by atoms with Gasteiger partial charge in [-0.25, -0.2) is 14.4 Å². The standard InChI is InChI=1S/C45H64FN5O9S/c1-40(2,28-41(3,4)38(56)57)33-23-31(15-18-34(33)46)60-30-13-16-32(17-14-30)61-51-39-47-26-29(27-48-39)37(55)50-43(7,8)20-22-58-44(9,10)24-35(52)49-42(5,6)19-21-59-45(11,12)25-36(53)54/h13-18,23,26-27H,19-22,24-25,28H2,1-12H3,(H,49,52)(H,50,55)(H,53,54)(H,56,57)(H,47,48,51). The summed E-state index contributed by atoms with van der Waals surface area (Å²) in [6, 6.07) is 11.7. The predicted octanol–water partition coefficient (Wildman–Crippen LogP) is 8.94. The average Bonchev–Trinajstić information content (AvgIpc) is 3.10. The minimum atomic E-state index is -1.04. The summed E-state index contributed by atoms with van der Waals surface area (Å²) in [5.41, 5.74) is -3.98. The summed E-state index contributed by atoms with van der Waals surface area (Å²) in [5.74, 6) is -1.60. The molecule has 0 fully saturated rings. The molecule has 0 aliphatic rings. The number of hydrogen-bond donors (Lipinski definition) is 5. The van der Waals surface area contributed by atoms with Crippen molar-refractivity contribution in [1.29, 1.82) is 0 Å². The van der Waals surface area contributed by atoms with Gasteiger partial charge in [-0.1, -0.05) is 13.8 Å². The highest BCUT2D eigenvalue weighted by Crippen LogP contribution is 2.40. The Hall–Kier alpha value is -4.80. The van der Waals surface area contributed by atoms with Crippen LogP contribution in [-0.4, -0.2) is 79.4 Å². The predicted molar refractivity (Wildman–Crippen MR) is 233 cm³/mol. The number of carboxylic acid groups (broad SMARTS) is 2. The second kappa shape index (κ2) is 20.4. The number of carboxylic acids is 2. The van der Waals surface area contributed by atoms with E-state index in [9.17, 15) is 28.7 Å². The maximum Gasteiger partial charge on any atom is 0.309 e. The van der Waals surface area contributed by atoms with Crippen LogP contribution >= 0.6 is 11.9 Å². The molecule has 1 aromatic heterocycles. The fraction of sp³-hybridized carbons (Fsp3) is 0.556. The SMILES string of the molecule is CC(C)(CCOC(C)(C)CC(=O)O)NC(=O)CC(C)(C)OCCC(C)(C)NC(=O)c1cnc(NSc2ccc(Oc3ccc(F)c(C(C)(C)CC(C)(C)C(=O)O)c3)cc2)nc1. The number of anilines is 1. The van der Waals surface area contributed by atoms with Crippen molar-refractivity contribution in [2.24, 2.45) is 5.41 Å². The first-order chi connectivity index (χ1) is 28.0. The average molecular weight is 870 g/mol. The van der Waals surface area contributed by atoms with Crippen LogP contribution in [0.1, 0.15) is 131 Å². The van der Waals surface area contributed by atoms with E-state index in [1.165, 1.54) is 36.5 Å². The minimum Gasteiger partial charge on any atom is -0.481 e. The summed E-state index contributed by atoms with van der Waals surface area (Å²) in [6.45, 7) is 22.1. The highest BCUT2D eigenvalue weighted by Gasteiger charge is 2.37. The van der Waals surface area contributed by atoms with Crippen LogP contribution in [0.3, 0.4) is 0 Å². The number of amides is 2. The van der Waals surface area contributed by atoms with Crippen molar-refractivity contribution in [2.75, 3.05) is 17.9 Å². The molecule has 0 bridgehead atoms. The zero-order chi connectivity index (χ0) is 46.0. The van der Waals surface area contributed by atoms with Crippen LogP contribution in [0.4, 0.5) is 10.3 Å². The number of benzene rings is 2. The van der Waals surface area contributed by atoms with E-state index in [0.29, 0.717) is 35.9 Å². The molecule has 3 aromatic rings. The first-order valence-corrected chi connectivity index (χ1v) is 21.0. The first-order valence-electron chi connectivity index (χ1n) is 20.2. The molecule has 0 aliphatic carbocycles. The Morgan fingerprint density at radius 1 is 0.721 bits per heavy atom. The van der Waals surface area contributed by atoms with Crippen LogP contribution < -0.4 is 20.1 Å². The Morgan fingerprint density at radius 3 is 1.79 bits per heavy atom. The van der Waals surface area contributed by atoms with Crippen LogP contribution in [0.5, 0.6) is 11.5 Å². The van der Waals surface area contributed by atoms with Crippen molar-refractivity contribution in [2.45, 2.75) is 148 Å². The molecule has 3 rings (SSSR count). The van der Waals surface area contributed by atoms with Gasteiger partial charge in [-0.3, -0.25) is 23.9 Å². The Bertz CT molecular complexity index is 1980. The molecule has 336 valence electrons. The molecule has 0 saturated heterocycles. The highest BCUT2D eigenvalue weighted by molar-refractivity contribution is 8.00. The summed E-state index contributed by atoms with van der Waals surface area (Å²) in [7, 11) is 0. The van der Waals surface area contributed by atoms with Crippen LogP contribution in [-0.2, 0) is 29.3 Å². The summed E-state index contributed by atoms with van der Waals surface area (Å²) in [4.78, 5) is 58.2. The Labute approximate surface area is 363 Å². The van der Waals surface area contributed by atoms with Crippen molar-refractivity contribution in [3.05, 3.63) is 71.8 Å². The molecule has 16 heteroatoms. The fourth-order valence-electron chi connectivity index (χ4n) is 6.62. The number of ether oxygens (including phenoxy) is 3. The summed E-state index contributed by atoms with van der Waals surface area (Å²) in [5, 5.41) is 24.7. The summed E-state index contributed by atoms with van der Waals surface area (Å²) < 4.78 is 35.8. The van der Waals surface area contributed by atoms with E-state index in [1.54, 1.807) is 45.9 Å². The van der Waals surface area contributed by atoms with Crippen LogP contribution in [0.15, 0.2) is 59.8 Å². The van der Waals surface area contributed by atoms with E-state index in [2.05, 4.69) is 25.3 Å². The summed E-state index contributed by atoms with van der Waals surface area (Å²) in [6.07, 6.45) is 4.05. The van der Waals surface area contributed by atoms with Gasteiger partial charge in [0, 0.05) is 41.6 Å². The van der Waals surface area contributed by atoms with Crippen LogP contribution in [0.2, 0.25) is 0 Å². The lowest BCUT2D eigenvalue weighted by Gasteiger charge is -2.33. The Balaban J connectivity index is 1.45. The highest BCUT2D eigenvalue weighted by atomic mass is 32.2. The van der Waals surface area contributed by atoms with E-state index in [1.807, 2.05) is 67.5 Å². The van der Waals surface area contributed by atoms with Gasteiger partial charge < -0.3 is 35.1 Å². The molecule has 14 nitrogen and oxygen atoms in total. The molecule has 2 amide bonds. The molecular formula is C45H64FN5O9S. The third-order valence-electron chi connectivity index (χ3n) is 9.90. The number of halogens is 1. The molecule has 2 aromatic carbocycles. The van der Waals surface area contributed by atoms with E-state index in [4.69, 9.17) is 19.3 Å². The minimum absolute atomic E-state index is 0.111. The van der Waals surface area contributed by atoms with Gasteiger partial charge in [-0.2, -0.15) is 0 Å². The number of nitrogens with one attached hydrogen (secondary N) is 3. The maximum atomic E-state index is 14.9. The smallest absolute Gasteiger partial charge is 0.309 e. The molecule has 0 unspecified atom stereocenters. The fourth-order valence-corrected chi connectivity index (χ4v) is 7.21. The van der Waals surface area contributed by atoms with Crippen molar-refractivity contribution in [3.8, 4) is 11.5 Å². The van der Waals surface area contributed by atoms with Gasteiger partial charge in [0.25, 0.3) is 5.91 Å². The molecule has 0 saturated carbocycles. The molecule has 5 N–H and O–H groups in total. The largest absolute Gasteiger partial charge is 0.481 e. The van der Waals surface area contributed by atoms with Gasteiger partial charge in [-0.15, -0.1) is 0 Å². The first kappa shape index (κ1) is 50.6. The van der Waals surface area contributed by atoms with E-state index in [-0.39, 0.29) is 49.9 Å². The monoisotopic (exact) mass is 869 g/mol. The number of carbonyl (C=O) groups is 4. The molecular weight excluding hydrogens is 806 g/mol. The van der Waals surface area contributed by atoms with Gasteiger partial charge in [0.15, 0.2) is 0 Å². The molecule has 0 spiro atoms. The molecule has 0 atom stereocenters. The van der Waals surface area contributed by atoms with Gasteiger partial charge in [0.05, 0.1) is 35.0 Å². The third kappa shape index (κ3) is 17.2. The topological polar surface area (TPSA) is 198 Å². The third-order valence-corrected chi connectivity index (χ3v) is 10.7. The van der Waals surface area contributed by atoms with Crippen molar-refractivity contribution in [1.82, 2.24) is 20.6 Å². The van der Waals surface area contributed by atoms with Crippen LogP contribution in [0.25, 0.3) is 0 Å².